The van der Waals surface area contributed by atoms with E-state index < -0.39 is 5.91 Å². The van der Waals surface area contributed by atoms with E-state index in [1.54, 1.807) is 24.4 Å². The van der Waals surface area contributed by atoms with Crippen molar-refractivity contribution in [3.05, 3.63) is 100 Å². The highest BCUT2D eigenvalue weighted by Gasteiger charge is 2.09. The number of rotatable bonds is 7. The van der Waals surface area contributed by atoms with Crippen LogP contribution in [-0.4, -0.2) is 23.3 Å². The summed E-state index contributed by atoms with van der Waals surface area (Å²) >= 11 is 3.30. The molecule has 7 heteroatoms. The Hall–Kier alpha value is -3.89. The van der Waals surface area contributed by atoms with Crippen LogP contribution in [0.1, 0.15) is 16.7 Å². The van der Waals surface area contributed by atoms with E-state index >= 15 is 0 Å². The van der Waals surface area contributed by atoms with Crippen molar-refractivity contribution in [3.8, 4) is 11.8 Å². The van der Waals surface area contributed by atoms with E-state index in [-0.39, 0.29) is 6.61 Å². The quantitative estimate of drug-likeness (QED) is 0.299. The number of halogens is 1. The number of amides is 1. The normalized spacial score (nSPS) is 10.9. The molecule has 0 saturated heterocycles. The molecule has 0 atom stereocenters. The minimum atomic E-state index is -0.416. The Labute approximate surface area is 193 Å². The van der Waals surface area contributed by atoms with Crippen molar-refractivity contribution in [1.29, 1.82) is 5.26 Å². The predicted molar refractivity (Wildman–Crippen MR) is 128 cm³/mol. The average molecular weight is 487 g/mol. The summed E-state index contributed by atoms with van der Waals surface area (Å²) in [7, 11) is 0. The molecule has 0 radical (unpaired) electrons. The molecule has 3 aromatic carbocycles. The number of nitrogens with zero attached hydrogens (tertiary/aromatic N) is 3. The predicted octanol–water partition coefficient (Wildman–Crippen LogP) is 4.85. The van der Waals surface area contributed by atoms with Crippen molar-refractivity contribution >= 4 is 39.0 Å². The van der Waals surface area contributed by atoms with Gasteiger partial charge in [0.15, 0.2) is 6.61 Å². The van der Waals surface area contributed by atoms with Gasteiger partial charge in [-0.05, 0) is 29.8 Å². The zero-order valence-electron chi connectivity index (χ0n) is 17.0. The zero-order chi connectivity index (χ0) is 22.3. The molecule has 0 aliphatic rings. The van der Waals surface area contributed by atoms with Gasteiger partial charge in [-0.1, -0.05) is 64.5 Å². The third-order valence-corrected chi connectivity index (χ3v) is 5.32. The van der Waals surface area contributed by atoms with E-state index in [1.807, 2.05) is 48.7 Å². The minimum absolute atomic E-state index is 0.247. The monoisotopic (exact) mass is 486 g/mol. The Bertz CT molecular complexity index is 1320. The number of hydrogen-bond donors (Lipinski definition) is 1. The number of ether oxygens (including phenoxy) is 1. The van der Waals surface area contributed by atoms with Crippen LogP contribution in [0.4, 0.5) is 0 Å². The summed E-state index contributed by atoms with van der Waals surface area (Å²) in [5.41, 5.74) is 6.02. The van der Waals surface area contributed by atoms with Gasteiger partial charge in [-0.3, -0.25) is 4.79 Å². The van der Waals surface area contributed by atoms with Gasteiger partial charge in [0.25, 0.3) is 5.91 Å². The molecule has 6 nitrogen and oxygen atoms in total. The number of nitriles is 1. The average Bonchev–Trinajstić information content (AvgIpc) is 3.16. The largest absolute Gasteiger partial charge is 0.482 e. The van der Waals surface area contributed by atoms with Crippen molar-refractivity contribution in [2.45, 2.75) is 6.54 Å². The van der Waals surface area contributed by atoms with Crippen LogP contribution in [0.25, 0.3) is 10.9 Å². The Morgan fingerprint density at radius 1 is 1.12 bits per heavy atom. The summed E-state index contributed by atoms with van der Waals surface area (Å²) in [5.74, 6) is -0.0695. The first-order valence-electron chi connectivity index (χ1n) is 9.90. The molecular formula is C25H19BrN4O2. The summed E-state index contributed by atoms with van der Waals surface area (Å²) in [5, 5.41) is 14.3. The molecule has 1 aromatic heterocycles. The molecule has 1 heterocycles. The molecule has 1 N–H and O–H groups in total. The molecule has 0 fully saturated rings. The first kappa shape index (κ1) is 21.3. The SMILES string of the molecule is N#Cc1cc(Br)ccc1OCC(=O)N/N=C/c1cn(Cc2ccccc2)c2ccccc12. The highest BCUT2D eigenvalue weighted by atomic mass is 79.9. The summed E-state index contributed by atoms with van der Waals surface area (Å²) in [6.07, 6.45) is 3.65. The lowest BCUT2D eigenvalue weighted by Gasteiger charge is -2.06. The molecule has 4 aromatic rings. The second-order valence-corrected chi connectivity index (χ2v) is 7.96. The Morgan fingerprint density at radius 3 is 2.72 bits per heavy atom. The maximum atomic E-state index is 12.1. The van der Waals surface area contributed by atoms with Crippen LogP contribution in [-0.2, 0) is 11.3 Å². The van der Waals surface area contributed by atoms with E-state index in [1.165, 1.54) is 5.56 Å². The maximum absolute atomic E-state index is 12.1. The van der Waals surface area contributed by atoms with E-state index in [4.69, 9.17) is 4.74 Å². The highest BCUT2D eigenvalue weighted by Crippen LogP contribution is 2.23. The van der Waals surface area contributed by atoms with Gasteiger partial charge in [0.2, 0.25) is 0 Å². The van der Waals surface area contributed by atoms with Crippen molar-refractivity contribution in [1.82, 2.24) is 9.99 Å². The summed E-state index contributed by atoms with van der Waals surface area (Å²) < 4.78 is 8.38. The first-order valence-corrected chi connectivity index (χ1v) is 10.7. The number of nitrogens with one attached hydrogen (secondary N) is 1. The Balaban J connectivity index is 1.43. The van der Waals surface area contributed by atoms with Gasteiger partial charge < -0.3 is 9.30 Å². The van der Waals surface area contributed by atoms with Crippen molar-refractivity contribution in [2.75, 3.05) is 6.61 Å². The lowest BCUT2D eigenvalue weighted by Crippen LogP contribution is -2.24. The fourth-order valence-electron chi connectivity index (χ4n) is 3.35. The van der Waals surface area contributed by atoms with E-state index in [2.05, 4.69) is 49.2 Å². The second kappa shape index (κ2) is 9.94. The molecule has 0 bridgehead atoms. The van der Waals surface area contributed by atoms with Crippen LogP contribution in [0, 0.1) is 11.3 Å². The molecule has 4 rings (SSSR count). The van der Waals surface area contributed by atoms with Gasteiger partial charge in [0.1, 0.15) is 11.8 Å². The molecule has 0 saturated carbocycles. The number of hydrogen-bond acceptors (Lipinski definition) is 4. The molecule has 158 valence electrons. The third kappa shape index (κ3) is 5.05. The van der Waals surface area contributed by atoms with Gasteiger partial charge in [0, 0.05) is 33.7 Å². The van der Waals surface area contributed by atoms with Gasteiger partial charge >= 0.3 is 0 Å². The van der Waals surface area contributed by atoms with Crippen molar-refractivity contribution in [2.24, 2.45) is 5.10 Å². The lowest BCUT2D eigenvalue weighted by atomic mass is 10.2. The minimum Gasteiger partial charge on any atom is -0.482 e. The van der Waals surface area contributed by atoms with Gasteiger partial charge in [0.05, 0.1) is 11.8 Å². The summed E-state index contributed by atoms with van der Waals surface area (Å²) in [6, 6.07) is 25.4. The van der Waals surface area contributed by atoms with E-state index in [9.17, 15) is 10.1 Å². The molecule has 0 aliphatic heterocycles. The second-order valence-electron chi connectivity index (χ2n) is 7.05. The number of benzene rings is 3. The topological polar surface area (TPSA) is 79.4 Å². The third-order valence-electron chi connectivity index (χ3n) is 4.83. The number of para-hydroxylation sites is 1. The van der Waals surface area contributed by atoms with E-state index in [0.29, 0.717) is 11.3 Å². The number of carbonyl (C=O) groups is 1. The number of aromatic nitrogens is 1. The van der Waals surface area contributed by atoms with Crippen LogP contribution in [0.2, 0.25) is 0 Å². The fraction of sp³-hybridized carbons (Fsp3) is 0.0800. The van der Waals surface area contributed by atoms with Crippen LogP contribution in [0.3, 0.4) is 0 Å². The van der Waals surface area contributed by atoms with Crippen molar-refractivity contribution in [3.63, 3.8) is 0 Å². The van der Waals surface area contributed by atoms with Gasteiger partial charge in [-0.25, -0.2) is 5.43 Å². The Kier molecular flexibility index (Phi) is 6.63. The van der Waals surface area contributed by atoms with Gasteiger partial charge in [-0.15, -0.1) is 0 Å². The summed E-state index contributed by atoms with van der Waals surface area (Å²) in [6.45, 7) is 0.493. The zero-order valence-corrected chi connectivity index (χ0v) is 18.6. The summed E-state index contributed by atoms with van der Waals surface area (Å²) in [4.78, 5) is 12.1. The van der Waals surface area contributed by atoms with Crippen LogP contribution in [0.15, 0.2) is 88.6 Å². The first-order chi connectivity index (χ1) is 15.6. The lowest BCUT2D eigenvalue weighted by molar-refractivity contribution is -0.123. The number of carbonyl (C=O) groups excluding carboxylic acids is 1. The fourth-order valence-corrected chi connectivity index (χ4v) is 3.71. The molecule has 32 heavy (non-hydrogen) atoms. The smallest absolute Gasteiger partial charge is 0.277 e. The molecule has 0 unspecified atom stereocenters. The number of hydrazone groups is 1. The van der Waals surface area contributed by atoms with Crippen LogP contribution >= 0.6 is 15.9 Å². The maximum Gasteiger partial charge on any atom is 0.277 e. The molecular weight excluding hydrogens is 468 g/mol. The highest BCUT2D eigenvalue weighted by molar-refractivity contribution is 9.10. The van der Waals surface area contributed by atoms with Crippen LogP contribution in [0.5, 0.6) is 5.75 Å². The van der Waals surface area contributed by atoms with Crippen LogP contribution < -0.4 is 10.2 Å². The molecule has 0 spiro atoms. The van der Waals surface area contributed by atoms with E-state index in [0.717, 1.165) is 27.5 Å². The Morgan fingerprint density at radius 2 is 1.91 bits per heavy atom. The van der Waals surface area contributed by atoms with Gasteiger partial charge in [-0.2, -0.15) is 10.4 Å². The molecule has 0 aliphatic carbocycles. The standard InChI is InChI=1S/C25H19BrN4O2/c26-21-10-11-24(19(12-21)13-27)32-17-25(31)29-28-14-20-16-30(15-18-6-2-1-3-7-18)23-9-5-4-8-22(20)23/h1-12,14,16H,15,17H2,(H,29,31)/b28-14+. The molecule has 1 amide bonds. The number of fused-ring (bicyclic) bond motifs is 1. The van der Waals surface area contributed by atoms with Crippen molar-refractivity contribution < 1.29 is 9.53 Å².